The van der Waals surface area contributed by atoms with Gasteiger partial charge in [-0.1, -0.05) is 42.5 Å². The van der Waals surface area contributed by atoms with Gasteiger partial charge in [-0.2, -0.15) is 4.72 Å². The fraction of sp³-hybridized carbons (Fsp3) is 0.435. The Balaban J connectivity index is 1.86. The van der Waals surface area contributed by atoms with Crippen LogP contribution >= 0.6 is 0 Å². The average molecular weight is 446 g/mol. The molecule has 168 valence electrons. The molecule has 1 unspecified atom stereocenters. The number of nitrogens with one attached hydrogen (secondary N) is 1. The third-order valence-electron chi connectivity index (χ3n) is 5.59. The minimum Gasteiger partial charge on any atom is -0.497 e. The van der Waals surface area contributed by atoms with Crippen LogP contribution in [0.2, 0.25) is 0 Å². The van der Waals surface area contributed by atoms with Crippen LogP contribution in [0.5, 0.6) is 5.75 Å². The molecule has 31 heavy (non-hydrogen) atoms. The van der Waals surface area contributed by atoms with Crippen LogP contribution in [0, 0.1) is 0 Å². The van der Waals surface area contributed by atoms with Gasteiger partial charge in [-0.05, 0) is 49.2 Å². The SMILES string of the molecule is COc1cccc([C@@H](CN(C)C(=O)C(NS(C)(=O)=O)c2ccccc2)N2CCCC2)c1. The number of carbonyl (C=O) groups is 1. The van der Waals surface area contributed by atoms with Gasteiger partial charge in [0.2, 0.25) is 15.9 Å². The van der Waals surface area contributed by atoms with Crippen molar-refractivity contribution in [1.82, 2.24) is 14.5 Å². The smallest absolute Gasteiger partial charge is 0.245 e. The predicted molar refractivity (Wildman–Crippen MR) is 121 cm³/mol. The maximum atomic E-state index is 13.4. The minimum absolute atomic E-state index is 0.00112. The molecule has 2 atom stereocenters. The Morgan fingerprint density at radius 3 is 2.35 bits per heavy atom. The lowest BCUT2D eigenvalue weighted by Gasteiger charge is -2.33. The Bertz CT molecular complexity index is 975. The molecule has 2 aromatic carbocycles. The van der Waals surface area contributed by atoms with E-state index in [0.717, 1.165) is 43.5 Å². The van der Waals surface area contributed by atoms with Crippen molar-refractivity contribution in [2.24, 2.45) is 0 Å². The van der Waals surface area contributed by atoms with Crippen molar-refractivity contribution in [1.29, 1.82) is 0 Å². The molecule has 0 radical (unpaired) electrons. The summed E-state index contributed by atoms with van der Waals surface area (Å²) < 4.78 is 31.8. The van der Waals surface area contributed by atoms with E-state index in [-0.39, 0.29) is 11.9 Å². The molecule has 3 rings (SSSR count). The molecule has 2 aromatic rings. The van der Waals surface area contributed by atoms with E-state index < -0.39 is 16.1 Å². The lowest BCUT2D eigenvalue weighted by Crippen LogP contribution is -2.44. The highest BCUT2D eigenvalue weighted by molar-refractivity contribution is 7.88. The first-order valence-corrected chi connectivity index (χ1v) is 12.3. The fourth-order valence-corrected chi connectivity index (χ4v) is 4.69. The number of sulfonamides is 1. The number of hydrogen-bond donors (Lipinski definition) is 1. The number of nitrogens with zero attached hydrogens (tertiary/aromatic N) is 2. The Morgan fingerprint density at radius 1 is 1.10 bits per heavy atom. The van der Waals surface area contributed by atoms with Gasteiger partial charge < -0.3 is 9.64 Å². The third-order valence-corrected chi connectivity index (χ3v) is 6.26. The van der Waals surface area contributed by atoms with Crippen molar-refractivity contribution in [3.63, 3.8) is 0 Å². The zero-order valence-corrected chi connectivity index (χ0v) is 19.1. The van der Waals surface area contributed by atoms with Gasteiger partial charge in [0.05, 0.1) is 19.4 Å². The molecular formula is C23H31N3O4S. The molecule has 7 nitrogen and oxygen atoms in total. The molecule has 1 N–H and O–H groups in total. The molecule has 1 fully saturated rings. The highest BCUT2D eigenvalue weighted by Gasteiger charge is 2.31. The lowest BCUT2D eigenvalue weighted by molar-refractivity contribution is -0.132. The molecule has 8 heteroatoms. The molecule has 1 aliphatic heterocycles. The maximum Gasteiger partial charge on any atom is 0.245 e. The van der Waals surface area contributed by atoms with E-state index >= 15 is 0 Å². The van der Waals surface area contributed by atoms with Gasteiger partial charge in [-0.15, -0.1) is 0 Å². The molecule has 0 aliphatic carbocycles. The van der Waals surface area contributed by atoms with E-state index in [2.05, 4.69) is 9.62 Å². The summed E-state index contributed by atoms with van der Waals surface area (Å²) in [7, 11) is -0.212. The fourth-order valence-electron chi connectivity index (χ4n) is 4.02. The van der Waals surface area contributed by atoms with E-state index in [4.69, 9.17) is 4.74 Å². The van der Waals surface area contributed by atoms with Crippen molar-refractivity contribution < 1.29 is 17.9 Å². The molecule has 1 heterocycles. The number of hydrogen-bond acceptors (Lipinski definition) is 5. The summed E-state index contributed by atoms with van der Waals surface area (Å²) in [5.41, 5.74) is 1.69. The summed E-state index contributed by atoms with van der Waals surface area (Å²) in [6.07, 6.45) is 3.32. The van der Waals surface area contributed by atoms with Gasteiger partial charge in [-0.25, -0.2) is 8.42 Å². The van der Waals surface area contributed by atoms with Gasteiger partial charge in [0.1, 0.15) is 11.8 Å². The number of likely N-dealkylation sites (N-methyl/N-ethyl adjacent to an activating group) is 1. The van der Waals surface area contributed by atoms with Crippen LogP contribution in [-0.4, -0.2) is 64.2 Å². The van der Waals surface area contributed by atoms with Crippen LogP contribution in [0.25, 0.3) is 0 Å². The zero-order valence-electron chi connectivity index (χ0n) is 18.3. The standard InChI is InChI=1S/C23H31N3O4S/c1-25(23(27)22(24-31(3,28)29)18-10-5-4-6-11-18)17-21(26-14-7-8-15-26)19-12-9-13-20(16-19)30-2/h4-6,9-13,16,21-22,24H,7-8,14-15,17H2,1-3H3/t21-,22?/m1/s1. The maximum absolute atomic E-state index is 13.4. The van der Waals surface area contributed by atoms with Gasteiger partial charge in [0.15, 0.2) is 0 Å². The van der Waals surface area contributed by atoms with Crippen LogP contribution in [0.4, 0.5) is 0 Å². The minimum atomic E-state index is -3.58. The molecular weight excluding hydrogens is 414 g/mol. The van der Waals surface area contributed by atoms with Gasteiger partial charge in [0, 0.05) is 13.6 Å². The van der Waals surface area contributed by atoms with Crippen LogP contribution in [0.3, 0.4) is 0 Å². The first-order chi connectivity index (χ1) is 14.8. The van der Waals surface area contributed by atoms with E-state index in [1.165, 1.54) is 0 Å². The van der Waals surface area contributed by atoms with E-state index in [1.54, 1.807) is 43.3 Å². The van der Waals surface area contributed by atoms with Crippen LogP contribution in [0.1, 0.15) is 36.1 Å². The monoisotopic (exact) mass is 445 g/mol. The summed E-state index contributed by atoms with van der Waals surface area (Å²) in [5, 5.41) is 0. The topological polar surface area (TPSA) is 79.0 Å². The van der Waals surface area contributed by atoms with Gasteiger partial charge in [0.25, 0.3) is 0 Å². The second-order valence-corrected chi connectivity index (χ2v) is 9.77. The van der Waals surface area contributed by atoms with Gasteiger partial charge >= 0.3 is 0 Å². The third kappa shape index (κ3) is 6.29. The molecule has 0 spiro atoms. The summed E-state index contributed by atoms with van der Waals surface area (Å²) in [5.74, 6) is 0.486. The quantitative estimate of drug-likeness (QED) is 0.642. The molecule has 0 aromatic heterocycles. The second kappa shape index (κ2) is 10.3. The van der Waals surface area contributed by atoms with Crippen LogP contribution < -0.4 is 9.46 Å². The van der Waals surface area contributed by atoms with Gasteiger partial charge in [-0.3, -0.25) is 9.69 Å². The zero-order chi connectivity index (χ0) is 22.4. The average Bonchev–Trinajstić information content (AvgIpc) is 3.29. The number of likely N-dealkylation sites (tertiary alicyclic amines) is 1. The largest absolute Gasteiger partial charge is 0.497 e. The molecule has 1 aliphatic rings. The normalized spacial score (nSPS) is 16.6. The number of methoxy groups -OCH3 is 1. The van der Waals surface area contributed by atoms with Crippen molar-refractivity contribution in [2.75, 3.05) is 40.0 Å². The predicted octanol–water partition coefficient (Wildman–Crippen LogP) is 2.58. The number of benzene rings is 2. The Hall–Kier alpha value is -2.42. The first kappa shape index (κ1) is 23.2. The van der Waals surface area contributed by atoms with Crippen LogP contribution in [0.15, 0.2) is 54.6 Å². The Labute approximate surface area is 185 Å². The van der Waals surface area contributed by atoms with Crippen molar-refractivity contribution in [2.45, 2.75) is 24.9 Å². The Morgan fingerprint density at radius 2 is 1.74 bits per heavy atom. The van der Waals surface area contributed by atoms with E-state index in [1.807, 2.05) is 30.3 Å². The Kier molecular flexibility index (Phi) is 7.69. The number of rotatable bonds is 9. The van der Waals surface area contributed by atoms with Crippen LogP contribution in [-0.2, 0) is 14.8 Å². The first-order valence-electron chi connectivity index (χ1n) is 10.4. The highest BCUT2D eigenvalue weighted by Crippen LogP contribution is 2.29. The molecule has 1 saturated heterocycles. The van der Waals surface area contributed by atoms with Crippen molar-refractivity contribution in [3.8, 4) is 5.75 Å². The molecule has 0 saturated carbocycles. The number of carbonyl (C=O) groups excluding carboxylic acids is 1. The van der Waals surface area contributed by atoms with Crippen molar-refractivity contribution >= 4 is 15.9 Å². The van der Waals surface area contributed by atoms with E-state index in [0.29, 0.717) is 12.1 Å². The summed E-state index contributed by atoms with van der Waals surface area (Å²) >= 11 is 0. The summed E-state index contributed by atoms with van der Waals surface area (Å²) in [6, 6.07) is 15.9. The highest BCUT2D eigenvalue weighted by atomic mass is 32.2. The molecule has 1 amide bonds. The second-order valence-electron chi connectivity index (χ2n) is 7.99. The number of amides is 1. The van der Waals surface area contributed by atoms with E-state index in [9.17, 15) is 13.2 Å². The summed E-state index contributed by atoms with van der Waals surface area (Å²) in [4.78, 5) is 17.4. The lowest BCUT2D eigenvalue weighted by atomic mass is 10.0. The van der Waals surface area contributed by atoms with Crippen molar-refractivity contribution in [3.05, 3.63) is 65.7 Å². The summed E-state index contributed by atoms with van der Waals surface area (Å²) in [6.45, 7) is 2.38. The number of ether oxygens (including phenoxy) is 1. The molecule has 0 bridgehead atoms.